The van der Waals surface area contributed by atoms with Gasteiger partial charge < -0.3 is 5.32 Å². The molecular formula is C18H22FN5O. The number of nitrogens with one attached hydrogen (secondary N) is 1. The first-order chi connectivity index (χ1) is 12.1. The van der Waals surface area contributed by atoms with Crippen LogP contribution in [0.15, 0.2) is 24.3 Å². The minimum Gasteiger partial charge on any atom is -0.345 e. The Morgan fingerprint density at radius 2 is 2.00 bits per heavy atom. The number of halogens is 1. The van der Waals surface area contributed by atoms with Crippen LogP contribution < -0.4 is 5.32 Å². The molecule has 2 aromatic rings. The summed E-state index contributed by atoms with van der Waals surface area (Å²) >= 11 is 0. The van der Waals surface area contributed by atoms with Crippen LogP contribution in [0.1, 0.15) is 42.1 Å². The average molecular weight is 343 g/mol. The number of rotatable bonds is 3. The second-order valence-corrected chi connectivity index (χ2v) is 6.84. The topological polar surface area (TPSA) is 63.1 Å². The van der Waals surface area contributed by atoms with E-state index in [1.807, 2.05) is 0 Å². The molecule has 2 fully saturated rings. The van der Waals surface area contributed by atoms with Gasteiger partial charge in [0.1, 0.15) is 11.6 Å². The number of piperidine rings is 1. The highest BCUT2D eigenvalue weighted by Crippen LogP contribution is 2.27. The van der Waals surface area contributed by atoms with Crippen LogP contribution in [0.4, 0.5) is 4.39 Å². The Labute approximate surface area is 146 Å². The minimum absolute atomic E-state index is 0.163. The lowest BCUT2D eigenvalue weighted by Crippen LogP contribution is -2.47. The fourth-order valence-electron chi connectivity index (χ4n) is 3.96. The number of nitrogens with zero attached hydrogens (tertiary/aromatic N) is 4. The third-order valence-electron chi connectivity index (χ3n) is 5.22. The summed E-state index contributed by atoms with van der Waals surface area (Å²) in [7, 11) is 0. The van der Waals surface area contributed by atoms with E-state index in [1.165, 1.54) is 25.0 Å². The summed E-state index contributed by atoms with van der Waals surface area (Å²) in [4.78, 5) is 19.4. The highest BCUT2D eigenvalue weighted by Gasteiger charge is 2.36. The number of aryl methyl sites for hydroxylation is 1. The minimum atomic E-state index is -0.308. The van der Waals surface area contributed by atoms with Gasteiger partial charge in [-0.3, -0.25) is 9.69 Å². The fraction of sp³-hybridized carbons (Fsp3) is 0.500. The van der Waals surface area contributed by atoms with Crippen LogP contribution in [0.25, 0.3) is 5.69 Å². The van der Waals surface area contributed by atoms with Gasteiger partial charge in [-0.1, -0.05) is 6.42 Å². The van der Waals surface area contributed by atoms with Crippen LogP contribution in [-0.2, 0) is 0 Å². The number of aromatic nitrogens is 3. The molecular weight excluding hydrogens is 321 g/mol. The quantitative estimate of drug-likeness (QED) is 0.927. The molecule has 1 N–H and O–H groups in total. The van der Waals surface area contributed by atoms with E-state index in [2.05, 4.69) is 20.3 Å². The summed E-state index contributed by atoms with van der Waals surface area (Å²) in [5.41, 5.74) is 0.685. The van der Waals surface area contributed by atoms with Gasteiger partial charge in [-0.15, -0.1) is 5.10 Å². The molecule has 2 atom stereocenters. The van der Waals surface area contributed by atoms with Crippen LogP contribution in [0.3, 0.4) is 0 Å². The Morgan fingerprint density at radius 3 is 2.80 bits per heavy atom. The standard InChI is InChI=1S/C18H22FN5O/c1-12-20-17(22-24(12)14-7-5-13(19)6-8-14)18(25)21-15-9-11-23-10-3-2-4-16(15)23/h5-8,15-16H,2-4,9-11H2,1H3,(H,21,25)/t15-,16+/m1/s1. The lowest BCUT2D eigenvalue weighted by Gasteiger charge is -2.32. The van der Waals surface area contributed by atoms with Gasteiger partial charge in [-0.25, -0.2) is 14.1 Å². The highest BCUT2D eigenvalue weighted by atomic mass is 19.1. The number of carbonyl (C=O) groups is 1. The van der Waals surface area contributed by atoms with Crippen molar-refractivity contribution in [2.75, 3.05) is 13.1 Å². The molecule has 2 saturated heterocycles. The number of carbonyl (C=O) groups excluding carboxylic acids is 1. The monoisotopic (exact) mass is 343 g/mol. The first kappa shape index (κ1) is 16.2. The maximum Gasteiger partial charge on any atom is 0.291 e. The molecule has 6 nitrogen and oxygen atoms in total. The van der Waals surface area contributed by atoms with Crippen molar-refractivity contribution in [1.82, 2.24) is 25.0 Å². The van der Waals surface area contributed by atoms with Gasteiger partial charge in [0.15, 0.2) is 0 Å². The molecule has 3 heterocycles. The SMILES string of the molecule is Cc1nc(C(=O)N[C@@H]2CCN3CCCC[C@@H]23)nn1-c1ccc(F)cc1. The molecule has 132 valence electrons. The van der Waals surface area contributed by atoms with E-state index in [0.29, 0.717) is 17.6 Å². The maximum atomic E-state index is 13.1. The Bertz CT molecular complexity index is 772. The largest absolute Gasteiger partial charge is 0.345 e. The van der Waals surface area contributed by atoms with Crippen molar-refractivity contribution in [2.45, 2.75) is 44.7 Å². The van der Waals surface area contributed by atoms with Crippen molar-refractivity contribution in [3.8, 4) is 5.69 Å². The normalized spacial score (nSPS) is 23.4. The van der Waals surface area contributed by atoms with Gasteiger partial charge in [0.2, 0.25) is 5.82 Å². The summed E-state index contributed by atoms with van der Waals surface area (Å²) in [6.45, 7) is 3.96. The van der Waals surface area contributed by atoms with Gasteiger partial charge in [0.25, 0.3) is 5.91 Å². The van der Waals surface area contributed by atoms with Gasteiger partial charge in [-0.05, 0) is 57.0 Å². The van der Waals surface area contributed by atoms with Crippen LogP contribution in [0, 0.1) is 12.7 Å². The van der Waals surface area contributed by atoms with E-state index in [-0.39, 0.29) is 23.6 Å². The molecule has 0 aliphatic carbocycles. The van der Waals surface area contributed by atoms with E-state index < -0.39 is 0 Å². The zero-order valence-corrected chi connectivity index (χ0v) is 14.3. The molecule has 1 aromatic heterocycles. The molecule has 0 radical (unpaired) electrons. The predicted octanol–water partition coefficient (Wildman–Crippen LogP) is 2.07. The smallest absolute Gasteiger partial charge is 0.291 e. The van der Waals surface area contributed by atoms with Crippen LogP contribution >= 0.6 is 0 Å². The molecule has 0 unspecified atom stereocenters. The van der Waals surface area contributed by atoms with E-state index in [9.17, 15) is 9.18 Å². The second-order valence-electron chi connectivity index (χ2n) is 6.84. The van der Waals surface area contributed by atoms with Crippen molar-refractivity contribution in [3.63, 3.8) is 0 Å². The lowest BCUT2D eigenvalue weighted by molar-refractivity contribution is 0.0905. The first-order valence-electron chi connectivity index (χ1n) is 8.86. The molecule has 0 spiro atoms. The van der Waals surface area contributed by atoms with E-state index >= 15 is 0 Å². The summed E-state index contributed by atoms with van der Waals surface area (Å²) in [6.07, 6.45) is 4.60. The number of hydrogen-bond acceptors (Lipinski definition) is 4. The molecule has 0 bridgehead atoms. The summed E-state index contributed by atoms with van der Waals surface area (Å²) in [5, 5.41) is 7.43. The second kappa shape index (κ2) is 6.55. The van der Waals surface area contributed by atoms with Crippen molar-refractivity contribution < 1.29 is 9.18 Å². The molecule has 7 heteroatoms. The Kier molecular flexibility index (Phi) is 4.25. The zero-order valence-electron chi connectivity index (χ0n) is 14.3. The molecule has 0 saturated carbocycles. The predicted molar refractivity (Wildman–Crippen MR) is 91.1 cm³/mol. The molecule has 2 aliphatic heterocycles. The van der Waals surface area contributed by atoms with Crippen LogP contribution in [0.2, 0.25) is 0 Å². The third kappa shape index (κ3) is 3.16. The number of amides is 1. The summed E-state index contributed by atoms with van der Waals surface area (Å²) < 4.78 is 14.7. The number of fused-ring (bicyclic) bond motifs is 1. The van der Waals surface area contributed by atoms with Crippen molar-refractivity contribution in [2.24, 2.45) is 0 Å². The Balaban J connectivity index is 1.49. The van der Waals surface area contributed by atoms with Crippen LogP contribution in [-0.4, -0.2) is 50.7 Å². The average Bonchev–Trinajstić information content (AvgIpc) is 3.20. The lowest BCUT2D eigenvalue weighted by atomic mass is 9.99. The van der Waals surface area contributed by atoms with Crippen LogP contribution in [0.5, 0.6) is 0 Å². The molecule has 1 amide bonds. The van der Waals surface area contributed by atoms with E-state index in [1.54, 1.807) is 23.7 Å². The fourth-order valence-corrected chi connectivity index (χ4v) is 3.96. The summed E-state index contributed by atoms with van der Waals surface area (Å²) in [5.74, 6) is 0.220. The van der Waals surface area contributed by atoms with Gasteiger partial charge in [-0.2, -0.15) is 0 Å². The first-order valence-corrected chi connectivity index (χ1v) is 8.86. The van der Waals surface area contributed by atoms with E-state index in [4.69, 9.17) is 0 Å². The van der Waals surface area contributed by atoms with Crippen molar-refractivity contribution in [3.05, 3.63) is 41.7 Å². The van der Waals surface area contributed by atoms with Crippen molar-refractivity contribution in [1.29, 1.82) is 0 Å². The van der Waals surface area contributed by atoms with Gasteiger partial charge in [0.05, 0.1) is 5.69 Å². The van der Waals surface area contributed by atoms with Gasteiger partial charge >= 0.3 is 0 Å². The zero-order chi connectivity index (χ0) is 17.4. The maximum absolute atomic E-state index is 13.1. The molecule has 25 heavy (non-hydrogen) atoms. The Hall–Kier alpha value is -2.28. The summed E-state index contributed by atoms with van der Waals surface area (Å²) in [6, 6.07) is 6.59. The van der Waals surface area contributed by atoms with E-state index in [0.717, 1.165) is 25.9 Å². The highest BCUT2D eigenvalue weighted by molar-refractivity contribution is 5.90. The van der Waals surface area contributed by atoms with Gasteiger partial charge in [0, 0.05) is 18.6 Å². The van der Waals surface area contributed by atoms with Crippen molar-refractivity contribution >= 4 is 5.91 Å². The number of benzene rings is 1. The Morgan fingerprint density at radius 1 is 1.20 bits per heavy atom. The molecule has 2 aliphatic rings. The molecule has 1 aromatic carbocycles. The third-order valence-corrected chi connectivity index (χ3v) is 5.22. The number of hydrogen-bond donors (Lipinski definition) is 1. The molecule has 4 rings (SSSR count).